The monoisotopic (exact) mass is 380 g/mol. The van der Waals surface area contributed by atoms with E-state index < -0.39 is 29.7 Å². The van der Waals surface area contributed by atoms with Crippen LogP contribution in [0.5, 0.6) is 0 Å². The number of likely N-dealkylation sites (tertiary alicyclic amines) is 1. The molecule has 1 saturated heterocycles. The lowest BCUT2D eigenvalue weighted by atomic mass is 10.1. The summed E-state index contributed by atoms with van der Waals surface area (Å²) in [7, 11) is 1.31. The number of nitrogens with zero attached hydrogens (tertiary/aromatic N) is 1. The molecule has 1 heterocycles. The molecule has 1 rings (SSSR count). The van der Waals surface area contributed by atoms with Gasteiger partial charge < -0.3 is 19.7 Å². The van der Waals surface area contributed by atoms with Gasteiger partial charge in [-0.05, 0) is 52.9 Å². The highest BCUT2D eigenvalue weighted by atomic mass is 16.6. The maximum atomic E-state index is 13.2. The topological polar surface area (TPSA) is 84.9 Å². The van der Waals surface area contributed by atoms with Gasteiger partial charge in [0.05, 0.1) is 7.11 Å². The van der Waals surface area contributed by atoms with Crippen molar-refractivity contribution >= 4 is 18.0 Å². The Morgan fingerprint density at radius 2 is 1.89 bits per heavy atom. The number of hydrogen-bond donors (Lipinski definition) is 1. The van der Waals surface area contributed by atoms with E-state index in [4.69, 9.17) is 9.47 Å². The van der Waals surface area contributed by atoms with Crippen LogP contribution in [0.4, 0.5) is 4.79 Å². The Morgan fingerprint density at radius 3 is 2.41 bits per heavy atom. The average Bonchev–Trinajstić information content (AvgIpc) is 2.99. The molecular formula is C20H32N2O5. The predicted octanol–water partition coefficient (Wildman–Crippen LogP) is 2.95. The lowest BCUT2D eigenvalue weighted by molar-refractivity contribution is -0.153. The summed E-state index contributed by atoms with van der Waals surface area (Å²) in [6.07, 6.45) is 5.42. The van der Waals surface area contributed by atoms with Crippen molar-refractivity contribution < 1.29 is 23.9 Å². The fourth-order valence-corrected chi connectivity index (χ4v) is 3.18. The number of esters is 1. The number of nitrogens with one attached hydrogen (secondary N) is 1. The van der Waals surface area contributed by atoms with Gasteiger partial charge in [0.15, 0.2) is 0 Å². The minimum Gasteiger partial charge on any atom is -0.467 e. The number of methoxy groups -OCH3 is 1. The van der Waals surface area contributed by atoms with E-state index in [1.54, 1.807) is 37.8 Å². The number of carbonyl (C=O) groups excluding carboxylic acids is 3. The van der Waals surface area contributed by atoms with Gasteiger partial charge in [-0.1, -0.05) is 12.2 Å². The molecule has 0 bridgehead atoms. The zero-order chi connectivity index (χ0) is 20.6. The van der Waals surface area contributed by atoms with E-state index in [2.05, 4.69) is 18.5 Å². The molecule has 1 unspecified atom stereocenters. The molecule has 2 amide bonds. The van der Waals surface area contributed by atoms with Gasteiger partial charge in [-0.25, -0.2) is 9.59 Å². The van der Waals surface area contributed by atoms with Gasteiger partial charge in [-0.3, -0.25) is 4.79 Å². The third kappa shape index (κ3) is 6.73. The van der Waals surface area contributed by atoms with Crippen molar-refractivity contribution in [1.29, 1.82) is 0 Å². The third-order valence-corrected chi connectivity index (χ3v) is 4.32. The highest BCUT2D eigenvalue weighted by Gasteiger charge is 2.43. The predicted molar refractivity (Wildman–Crippen MR) is 103 cm³/mol. The molecule has 1 aliphatic rings. The number of allylic oxidation sites excluding steroid dienone is 1. The van der Waals surface area contributed by atoms with Crippen molar-refractivity contribution in [3.8, 4) is 0 Å². The third-order valence-electron chi connectivity index (χ3n) is 4.32. The zero-order valence-electron chi connectivity index (χ0n) is 16.8. The minimum atomic E-state index is -0.810. The summed E-state index contributed by atoms with van der Waals surface area (Å²) in [6, 6.07) is -1.61. The van der Waals surface area contributed by atoms with Crippen LogP contribution >= 0.6 is 0 Å². The summed E-state index contributed by atoms with van der Waals surface area (Å²) >= 11 is 0. The lowest BCUT2D eigenvalue weighted by Gasteiger charge is -2.32. The van der Waals surface area contributed by atoms with E-state index in [-0.39, 0.29) is 11.9 Å². The first-order chi connectivity index (χ1) is 12.6. The molecular weight excluding hydrogens is 348 g/mol. The summed E-state index contributed by atoms with van der Waals surface area (Å²) < 4.78 is 10.1. The molecule has 0 spiro atoms. The molecule has 27 heavy (non-hydrogen) atoms. The Hall–Kier alpha value is -2.31. The fraction of sp³-hybridized carbons (Fsp3) is 0.650. The van der Waals surface area contributed by atoms with Crippen molar-refractivity contribution in [2.45, 2.75) is 76.6 Å². The van der Waals surface area contributed by atoms with Crippen molar-refractivity contribution in [3.05, 3.63) is 25.3 Å². The maximum Gasteiger partial charge on any atom is 0.408 e. The molecule has 0 aromatic heterocycles. The Kier molecular flexibility index (Phi) is 8.53. The van der Waals surface area contributed by atoms with E-state index in [0.717, 1.165) is 0 Å². The molecule has 1 N–H and O–H groups in total. The van der Waals surface area contributed by atoms with E-state index in [0.29, 0.717) is 32.1 Å². The molecule has 1 fully saturated rings. The van der Waals surface area contributed by atoms with Crippen LogP contribution in [0.1, 0.15) is 52.9 Å². The van der Waals surface area contributed by atoms with Gasteiger partial charge in [0.1, 0.15) is 17.7 Å². The van der Waals surface area contributed by atoms with Gasteiger partial charge in [-0.15, -0.1) is 13.2 Å². The number of alkyl carbamates (subject to hydrolysis) is 1. The zero-order valence-corrected chi connectivity index (χ0v) is 16.8. The number of carbonyl (C=O) groups is 3. The van der Waals surface area contributed by atoms with Crippen LogP contribution in [0.2, 0.25) is 0 Å². The molecule has 0 saturated carbocycles. The van der Waals surface area contributed by atoms with Crippen molar-refractivity contribution in [2.75, 3.05) is 7.11 Å². The smallest absolute Gasteiger partial charge is 0.408 e. The summed E-state index contributed by atoms with van der Waals surface area (Å²) in [6.45, 7) is 12.7. The van der Waals surface area contributed by atoms with Crippen molar-refractivity contribution in [2.24, 2.45) is 0 Å². The van der Waals surface area contributed by atoms with Crippen LogP contribution in [0.15, 0.2) is 25.3 Å². The number of hydrogen-bond acceptors (Lipinski definition) is 5. The number of rotatable bonds is 8. The second kappa shape index (κ2) is 10.1. The lowest BCUT2D eigenvalue weighted by Crippen LogP contribution is -2.54. The van der Waals surface area contributed by atoms with Gasteiger partial charge in [0.2, 0.25) is 5.91 Å². The van der Waals surface area contributed by atoms with Crippen LogP contribution < -0.4 is 5.32 Å². The standard InChI is InChI=1S/C20H32N2O5/c1-7-9-11-15(21-19(25)27-20(3,4)5)17(23)22-14(10-8-2)12-13-16(22)18(24)26-6/h7-8,14-16H,1-2,9-13H2,3-6H3,(H,21,25)/t14?,15-,16-/m0/s1. The minimum absolute atomic E-state index is 0.147. The quantitative estimate of drug-likeness (QED) is 0.517. The van der Waals surface area contributed by atoms with E-state index in [9.17, 15) is 14.4 Å². The van der Waals surface area contributed by atoms with Crippen molar-refractivity contribution in [3.63, 3.8) is 0 Å². The first-order valence-electron chi connectivity index (χ1n) is 9.26. The molecule has 0 aliphatic carbocycles. The van der Waals surface area contributed by atoms with Crippen LogP contribution in [0, 0.1) is 0 Å². The summed E-state index contributed by atoms with van der Waals surface area (Å²) in [5.74, 6) is -0.767. The molecule has 3 atom stereocenters. The Labute approximate surface area is 161 Å². The largest absolute Gasteiger partial charge is 0.467 e. The van der Waals surface area contributed by atoms with Crippen LogP contribution in [0.25, 0.3) is 0 Å². The summed E-state index contributed by atoms with van der Waals surface area (Å²) in [4.78, 5) is 39.1. The van der Waals surface area contributed by atoms with Crippen LogP contribution in [0.3, 0.4) is 0 Å². The second-order valence-corrected chi connectivity index (χ2v) is 7.60. The number of amides is 2. The average molecular weight is 380 g/mol. The van der Waals surface area contributed by atoms with Crippen LogP contribution in [-0.4, -0.2) is 53.7 Å². The second-order valence-electron chi connectivity index (χ2n) is 7.60. The fourth-order valence-electron chi connectivity index (χ4n) is 3.18. The molecule has 7 nitrogen and oxygen atoms in total. The molecule has 0 aromatic carbocycles. The Morgan fingerprint density at radius 1 is 1.22 bits per heavy atom. The Balaban J connectivity index is 3.03. The first-order valence-corrected chi connectivity index (χ1v) is 9.26. The first kappa shape index (κ1) is 22.7. The van der Waals surface area contributed by atoms with Crippen molar-refractivity contribution in [1.82, 2.24) is 10.2 Å². The van der Waals surface area contributed by atoms with Gasteiger partial charge >= 0.3 is 12.1 Å². The van der Waals surface area contributed by atoms with Crippen LogP contribution in [-0.2, 0) is 19.1 Å². The maximum absolute atomic E-state index is 13.2. The SMILES string of the molecule is C=CCC[C@H](NC(=O)OC(C)(C)C)C(=O)N1C(CC=C)CC[C@H]1C(=O)OC. The summed E-state index contributed by atoms with van der Waals surface area (Å²) in [5, 5.41) is 2.65. The highest BCUT2D eigenvalue weighted by molar-refractivity contribution is 5.90. The normalized spacial score (nSPS) is 20.5. The molecule has 0 aromatic rings. The molecule has 1 aliphatic heterocycles. The Bertz CT molecular complexity index is 567. The van der Waals surface area contributed by atoms with Gasteiger partial charge in [0.25, 0.3) is 0 Å². The van der Waals surface area contributed by atoms with E-state index in [1.165, 1.54) is 7.11 Å². The van der Waals surface area contributed by atoms with Gasteiger partial charge in [-0.2, -0.15) is 0 Å². The number of ether oxygens (including phenoxy) is 2. The van der Waals surface area contributed by atoms with E-state index in [1.807, 2.05) is 0 Å². The molecule has 0 radical (unpaired) electrons. The highest BCUT2D eigenvalue weighted by Crippen LogP contribution is 2.29. The van der Waals surface area contributed by atoms with E-state index >= 15 is 0 Å². The van der Waals surface area contributed by atoms with Gasteiger partial charge in [0, 0.05) is 6.04 Å². The molecule has 7 heteroatoms. The molecule has 152 valence electrons. The summed E-state index contributed by atoms with van der Waals surface area (Å²) in [5.41, 5.74) is -0.677.